The zero-order valence-corrected chi connectivity index (χ0v) is 24.1. The lowest BCUT2D eigenvalue weighted by atomic mass is 9.80. The molecule has 12 heteroatoms. The summed E-state index contributed by atoms with van der Waals surface area (Å²) in [5, 5.41) is 7.56. The minimum Gasteiger partial charge on any atom is -0.366 e. The van der Waals surface area contributed by atoms with E-state index in [1.165, 1.54) is 41.3 Å². The third-order valence-electron chi connectivity index (χ3n) is 7.52. The van der Waals surface area contributed by atoms with E-state index in [4.69, 9.17) is 10.8 Å². The number of halogens is 4. The van der Waals surface area contributed by atoms with E-state index in [0.29, 0.717) is 41.2 Å². The number of allylic oxidation sites excluding steroid dienone is 1. The molecule has 3 N–H and O–H groups in total. The first-order valence-electron chi connectivity index (χ1n) is 14.2. The van der Waals surface area contributed by atoms with Crippen LogP contribution in [-0.2, 0) is 22.2 Å². The van der Waals surface area contributed by atoms with Crippen molar-refractivity contribution < 1.29 is 31.9 Å². The average Bonchev–Trinajstić information content (AvgIpc) is 3.39. The van der Waals surface area contributed by atoms with Gasteiger partial charge in [-0.1, -0.05) is 42.5 Å². The van der Waals surface area contributed by atoms with E-state index in [1.54, 1.807) is 17.7 Å². The second-order valence-electron chi connectivity index (χ2n) is 10.4. The van der Waals surface area contributed by atoms with E-state index >= 15 is 0 Å². The number of rotatable bonds is 9. The van der Waals surface area contributed by atoms with E-state index in [0.717, 1.165) is 18.2 Å². The number of primary amides is 1. The topological polar surface area (TPSA) is 110 Å². The Labute approximate surface area is 256 Å². The number of nitrogens with two attached hydrogens (primary N) is 1. The van der Waals surface area contributed by atoms with Crippen molar-refractivity contribution in [1.29, 1.82) is 0 Å². The van der Waals surface area contributed by atoms with Crippen LogP contribution in [0.2, 0.25) is 0 Å². The van der Waals surface area contributed by atoms with Crippen LogP contribution < -0.4 is 16.0 Å². The number of hydrogen-bond donors (Lipinski definition) is 2. The van der Waals surface area contributed by atoms with E-state index in [-0.39, 0.29) is 12.1 Å². The highest BCUT2D eigenvalue weighted by Crippen LogP contribution is 2.44. The van der Waals surface area contributed by atoms with Crippen LogP contribution in [0.1, 0.15) is 52.0 Å². The first kappa shape index (κ1) is 31.2. The number of benzene rings is 3. The molecule has 0 unspecified atom stereocenters. The quantitative estimate of drug-likeness (QED) is 0.196. The molecule has 1 aliphatic heterocycles. The Kier molecular flexibility index (Phi) is 8.84. The van der Waals surface area contributed by atoms with E-state index in [2.05, 4.69) is 5.32 Å². The van der Waals surface area contributed by atoms with Gasteiger partial charge < -0.3 is 11.1 Å². The molecule has 3 aromatic carbocycles. The predicted octanol–water partition coefficient (Wildman–Crippen LogP) is 5.30. The maximum atomic E-state index is 14.2. The first-order valence-corrected chi connectivity index (χ1v) is 14.2. The highest BCUT2D eigenvalue weighted by atomic mass is 19.4. The molecule has 2 heterocycles. The number of fused-ring (bicyclic) bond motifs is 1. The standard InChI is InChI=1S/C33H29F4N5O3/c1-2-41-31-28(25(13-6-7-14-26(38)43)40-42(31)24-11-4-3-5-12-24)27(20-15-17-23(34)18-16-20)29(32(41)45)39-30(44)21-9-8-10-22(19-21)33(35,36)37/h3-5,7-12,14-19,27,29H,2,6,13H2,1H3,(H2,38,43)(H,39,44)/b14-7+/t27-,29-/m0/s1. The third-order valence-corrected chi connectivity index (χ3v) is 7.52. The number of para-hydroxylation sites is 1. The van der Waals surface area contributed by atoms with Crippen molar-refractivity contribution in [2.45, 2.75) is 37.9 Å². The van der Waals surface area contributed by atoms with Gasteiger partial charge >= 0.3 is 6.18 Å². The minimum atomic E-state index is -4.68. The fraction of sp³-hybridized carbons (Fsp3) is 0.212. The van der Waals surface area contributed by atoms with Crippen LogP contribution in [0, 0.1) is 5.82 Å². The number of anilines is 1. The maximum absolute atomic E-state index is 14.2. The number of nitrogens with one attached hydrogen (secondary N) is 1. The highest BCUT2D eigenvalue weighted by molar-refractivity contribution is 6.05. The molecule has 1 aromatic heterocycles. The zero-order valence-electron chi connectivity index (χ0n) is 24.1. The van der Waals surface area contributed by atoms with Gasteiger partial charge in [0.05, 0.1) is 16.9 Å². The lowest BCUT2D eigenvalue weighted by Gasteiger charge is -2.38. The summed E-state index contributed by atoms with van der Waals surface area (Å²) in [4.78, 5) is 40.5. The van der Waals surface area contributed by atoms with Crippen molar-refractivity contribution in [2.75, 3.05) is 11.4 Å². The van der Waals surface area contributed by atoms with Gasteiger partial charge in [-0.25, -0.2) is 9.07 Å². The molecule has 0 bridgehead atoms. The molecule has 3 amide bonds. The summed E-state index contributed by atoms with van der Waals surface area (Å²) in [7, 11) is 0. The Morgan fingerprint density at radius 2 is 1.73 bits per heavy atom. The summed E-state index contributed by atoms with van der Waals surface area (Å²) in [5.41, 5.74) is 6.22. The Morgan fingerprint density at radius 3 is 2.38 bits per heavy atom. The number of carbonyl (C=O) groups is 3. The van der Waals surface area contributed by atoms with Gasteiger partial charge in [0.15, 0.2) is 0 Å². The van der Waals surface area contributed by atoms with Crippen LogP contribution in [0.4, 0.5) is 23.4 Å². The summed E-state index contributed by atoms with van der Waals surface area (Å²) < 4.78 is 56.0. The predicted molar refractivity (Wildman–Crippen MR) is 159 cm³/mol. The van der Waals surface area contributed by atoms with Crippen molar-refractivity contribution in [3.63, 3.8) is 0 Å². The zero-order chi connectivity index (χ0) is 32.3. The fourth-order valence-corrected chi connectivity index (χ4v) is 5.52. The normalized spacial score (nSPS) is 16.6. The molecule has 1 aliphatic rings. The SMILES string of the molecule is CCN1C(=O)[C@@H](NC(=O)c2cccc(C(F)(F)F)c2)[C@@H](c2ccc(F)cc2)c2c(CC/C=C/C(N)=O)nn(-c3ccccc3)c21. The molecule has 45 heavy (non-hydrogen) atoms. The van der Waals surface area contributed by atoms with Crippen LogP contribution in [0.25, 0.3) is 5.69 Å². The van der Waals surface area contributed by atoms with Crippen molar-refractivity contribution in [2.24, 2.45) is 5.73 Å². The molecule has 0 aliphatic carbocycles. The van der Waals surface area contributed by atoms with Gasteiger partial charge in [0.25, 0.3) is 11.8 Å². The summed E-state index contributed by atoms with van der Waals surface area (Å²) in [6.07, 6.45) is -1.17. The number of aryl methyl sites for hydroxylation is 1. The number of alkyl halides is 3. The third kappa shape index (κ3) is 6.49. The summed E-state index contributed by atoms with van der Waals surface area (Å²) in [5.74, 6) is -2.97. The molecule has 4 aromatic rings. The molecule has 2 atom stereocenters. The number of amides is 3. The first-order chi connectivity index (χ1) is 21.5. The lowest BCUT2D eigenvalue weighted by molar-refractivity contribution is -0.137. The van der Waals surface area contributed by atoms with Crippen LogP contribution in [0.5, 0.6) is 0 Å². The molecule has 5 rings (SSSR count). The molecule has 0 saturated heterocycles. The number of nitrogens with zero attached hydrogens (tertiary/aromatic N) is 3. The maximum Gasteiger partial charge on any atom is 0.416 e. The van der Waals surface area contributed by atoms with E-state index in [9.17, 15) is 31.9 Å². The Bertz CT molecular complexity index is 1750. The van der Waals surface area contributed by atoms with Gasteiger partial charge in [-0.3, -0.25) is 19.3 Å². The lowest BCUT2D eigenvalue weighted by Crippen LogP contribution is -2.55. The fourth-order valence-electron chi connectivity index (χ4n) is 5.52. The van der Waals surface area contributed by atoms with Gasteiger partial charge in [0.2, 0.25) is 5.91 Å². The van der Waals surface area contributed by atoms with Crippen LogP contribution >= 0.6 is 0 Å². The number of likely N-dealkylation sites (N-methyl/N-ethyl adjacent to an activating group) is 1. The van der Waals surface area contributed by atoms with Crippen molar-refractivity contribution in [3.8, 4) is 5.69 Å². The number of hydrogen-bond acceptors (Lipinski definition) is 4. The van der Waals surface area contributed by atoms with Crippen LogP contribution in [0.15, 0.2) is 91.0 Å². The van der Waals surface area contributed by atoms with Gasteiger partial charge in [-0.15, -0.1) is 0 Å². The number of carbonyl (C=O) groups excluding carboxylic acids is 3. The summed E-state index contributed by atoms with van der Waals surface area (Å²) >= 11 is 0. The minimum absolute atomic E-state index is 0.178. The Morgan fingerprint density at radius 1 is 1.02 bits per heavy atom. The second-order valence-corrected chi connectivity index (χ2v) is 10.4. The van der Waals surface area contributed by atoms with Gasteiger partial charge in [-0.05, 0) is 73.9 Å². The molecule has 8 nitrogen and oxygen atoms in total. The Balaban J connectivity index is 1.68. The molecule has 0 fully saturated rings. The molecule has 0 saturated carbocycles. The second kappa shape index (κ2) is 12.8. The number of aromatic nitrogens is 2. The van der Waals surface area contributed by atoms with E-state index in [1.807, 2.05) is 30.3 Å². The monoisotopic (exact) mass is 619 g/mol. The van der Waals surface area contributed by atoms with E-state index < -0.39 is 47.2 Å². The highest BCUT2D eigenvalue weighted by Gasteiger charge is 2.46. The molecular formula is C33H29F4N5O3. The molecule has 232 valence electrons. The van der Waals surface area contributed by atoms with Crippen molar-refractivity contribution >= 4 is 23.5 Å². The largest absolute Gasteiger partial charge is 0.416 e. The van der Waals surface area contributed by atoms with Crippen molar-refractivity contribution in [1.82, 2.24) is 15.1 Å². The van der Waals surface area contributed by atoms with Gasteiger partial charge in [0, 0.05) is 23.6 Å². The Hall–Kier alpha value is -5.26. The molecule has 0 spiro atoms. The molecule has 0 radical (unpaired) electrons. The average molecular weight is 620 g/mol. The van der Waals surface area contributed by atoms with Crippen LogP contribution in [0.3, 0.4) is 0 Å². The van der Waals surface area contributed by atoms with Crippen LogP contribution in [-0.4, -0.2) is 40.1 Å². The van der Waals surface area contributed by atoms with Gasteiger partial charge in [-0.2, -0.15) is 18.3 Å². The van der Waals surface area contributed by atoms with Crippen molar-refractivity contribution in [3.05, 3.63) is 125 Å². The molecular weight excluding hydrogens is 590 g/mol. The smallest absolute Gasteiger partial charge is 0.366 e. The summed E-state index contributed by atoms with van der Waals surface area (Å²) in [6.45, 7) is 1.93. The van der Waals surface area contributed by atoms with Gasteiger partial charge in [0.1, 0.15) is 17.7 Å². The summed E-state index contributed by atoms with van der Waals surface area (Å²) in [6, 6.07) is 17.2.